The normalized spacial score (nSPS) is 10.8. The molecule has 0 aliphatic carbocycles. The van der Waals surface area contributed by atoms with E-state index in [-0.39, 0.29) is 15.8 Å². The van der Waals surface area contributed by atoms with E-state index < -0.39 is 20.1 Å². The van der Waals surface area contributed by atoms with Crippen molar-refractivity contribution in [2.24, 2.45) is 0 Å². The predicted octanol–water partition coefficient (Wildman–Crippen LogP) is 1.45. The third kappa shape index (κ3) is 5.46. The summed E-state index contributed by atoms with van der Waals surface area (Å²) in [6, 6.07) is 15.6. The van der Waals surface area contributed by atoms with Gasteiger partial charge >= 0.3 is 88.1 Å². The first-order valence-electron chi connectivity index (χ1n) is 7.66. The van der Waals surface area contributed by atoms with Crippen LogP contribution in [0.5, 0.6) is 5.75 Å². The van der Waals surface area contributed by atoms with Gasteiger partial charge in [-0.25, -0.2) is 0 Å². The number of carbonyl (C=O) groups excluding carboxylic acids is 1. The van der Waals surface area contributed by atoms with Gasteiger partial charge in [-0.2, -0.15) is 0 Å². The van der Waals surface area contributed by atoms with Crippen molar-refractivity contribution >= 4 is 41.0 Å². The predicted molar refractivity (Wildman–Crippen MR) is 99.4 cm³/mol. The van der Waals surface area contributed by atoms with Crippen LogP contribution in [0.4, 0.5) is 5.69 Å². The fourth-order valence-electron chi connectivity index (χ4n) is 2.16. The number of aromatic hydroxyl groups is 1. The van der Waals surface area contributed by atoms with E-state index in [4.69, 9.17) is 8.19 Å². The molecule has 7 nitrogen and oxygen atoms in total. The molecule has 0 aliphatic heterocycles. The molecule has 26 heavy (non-hydrogen) atoms. The number of aryl methyl sites for hydroxylation is 1. The Morgan fingerprint density at radius 1 is 1.08 bits per heavy atom. The largest absolute Gasteiger partial charge is 0.253 e. The molecule has 2 aromatic carbocycles. The molecule has 0 saturated heterocycles. The molecule has 136 valence electrons. The van der Waals surface area contributed by atoms with E-state index in [1.807, 2.05) is 31.2 Å². The van der Waals surface area contributed by atoms with Gasteiger partial charge in [-0.05, 0) is 19.1 Å². The van der Waals surface area contributed by atoms with Crippen LogP contribution in [-0.4, -0.2) is 38.4 Å². The molecule has 3 aromatic rings. The van der Waals surface area contributed by atoms with Crippen LogP contribution in [0.2, 0.25) is 0 Å². The van der Waals surface area contributed by atoms with Crippen LogP contribution >= 0.6 is 0 Å². The van der Waals surface area contributed by atoms with Crippen LogP contribution in [-0.2, 0) is 8.53 Å². The van der Waals surface area contributed by atoms with Gasteiger partial charge in [0.25, 0.3) is 0 Å². The number of hydrogen-bond donors (Lipinski definition) is 4. The van der Waals surface area contributed by atoms with Crippen LogP contribution in [0.1, 0.15) is 12.6 Å². The molecule has 0 atom stereocenters. The molecule has 0 saturated carbocycles. The van der Waals surface area contributed by atoms with Crippen molar-refractivity contribution in [3.8, 4) is 5.75 Å². The van der Waals surface area contributed by atoms with E-state index in [1.165, 1.54) is 12.3 Å². The minimum atomic E-state index is -4.98. The summed E-state index contributed by atoms with van der Waals surface area (Å²) >= 11 is -4.98. The number of amides is 1. The van der Waals surface area contributed by atoms with Crippen molar-refractivity contribution in [3.63, 3.8) is 0 Å². The maximum atomic E-state index is 10.9. The number of nitrogens with zero attached hydrogens (tertiary/aromatic N) is 1. The number of fused-ring (bicyclic) bond motifs is 1. The van der Waals surface area contributed by atoms with Crippen LogP contribution in [0.25, 0.3) is 10.9 Å². The van der Waals surface area contributed by atoms with Crippen molar-refractivity contribution in [1.29, 1.82) is 0 Å². The molecule has 0 spiro atoms. The maximum Gasteiger partial charge on any atom is 0.0705 e. The van der Waals surface area contributed by atoms with E-state index in [0.29, 0.717) is 0 Å². The Bertz CT molecular complexity index is 984. The average molecular weight is 418 g/mol. The van der Waals surface area contributed by atoms with Gasteiger partial charge in [0, 0.05) is 11.1 Å². The number of anilines is 1. The van der Waals surface area contributed by atoms with Crippen LogP contribution in [0, 0.1) is 6.92 Å². The Kier molecular flexibility index (Phi) is 6.21. The van der Waals surface area contributed by atoms with Crippen LogP contribution in [0.3, 0.4) is 0 Å². The van der Waals surface area contributed by atoms with Gasteiger partial charge in [-0.1, -0.05) is 24.3 Å². The number of pyridine rings is 1. The number of rotatable bonds is 2. The SMILES string of the molecule is CC(=O)Nc1cc([As](=O)(O)O)ccc1O.Cc1ccc2ccccc2n1. The minimum absolute atomic E-state index is 0.00951. The number of nitrogens with one attached hydrogen (secondary N) is 1. The Morgan fingerprint density at radius 3 is 2.42 bits per heavy atom. The summed E-state index contributed by atoms with van der Waals surface area (Å²) in [5, 5.41) is 12.8. The molecule has 1 amide bonds. The second kappa shape index (κ2) is 8.18. The van der Waals surface area contributed by atoms with Crippen molar-refractivity contribution in [3.05, 3.63) is 60.3 Å². The molecular weight excluding hydrogens is 399 g/mol. The summed E-state index contributed by atoms with van der Waals surface area (Å²) in [5.41, 5.74) is 2.14. The number of benzene rings is 2. The summed E-state index contributed by atoms with van der Waals surface area (Å²) in [5.74, 6) is -0.668. The summed E-state index contributed by atoms with van der Waals surface area (Å²) in [7, 11) is 0. The number of phenols is 1. The summed E-state index contributed by atoms with van der Waals surface area (Å²) in [6.07, 6.45) is 0. The third-order valence-electron chi connectivity index (χ3n) is 3.36. The van der Waals surface area contributed by atoms with E-state index in [1.54, 1.807) is 0 Å². The maximum absolute atomic E-state index is 10.9. The number of phenolic OH excluding ortho intramolecular Hbond substituents is 1. The second-order valence-electron chi connectivity index (χ2n) is 5.57. The minimum Gasteiger partial charge on any atom is -0.253 e. The topological polar surface area (TPSA) is 120 Å². The van der Waals surface area contributed by atoms with Gasteiger partial charge < -0.3 is 0 Å². The third-order valence-corrected chi connectivity index (χ3v) is 5.36. The van der Waals surface area contributed by atoms with Gasteiger partial charge in [-0.3, -0.25) is 4.98 Å². The van der Waals surface area contributed by atoms with Crippen molar-refractivity contribution in [1.82, 2.24) is 4.98 Å². The summed E-state index contributed by atoms with van der Waals surface area (Å²) < 4.78 is 28.6. The molecule has 0 aliphatic rings. The number of para-hydroxylation sites is 1. The summed E-state index contributed by atoms with van der Waals surface area (Å²) in [6.45, 7) is 3.24. The van der Waals surface area contributed by atoms with Crippen molar-refractivity contribution in [2.75, 3.05) is 5.32 Å². The Morgan fingerprint density at radius 2 is 1.77 bits per heavy atom. The zero-order valence-electron chi connectivity index (χ0n) is 14.2. The summed E-state index contributed by atoms with van der Waals surface area (Å²) in [4.78, 5) is 15.1. The van der Waals surface area contributed by atoms with Crippen LogP contribution in [0.15, 0.2) is 54.6 Å². The zero-order chi connectivity index (χ0) is 19.3. The molecule has 4 N–H and O–H groups in total. The number of hydrogen-bond acceptors (Lipinski definition) is 4. The fraction of sp³-hybridized carbons (Fsp3) is 0.111. The van der Waals surface area contributed by atoms with Crippen molar-refractivity contribution < 1.29 is 21.8 Å². The van der Waals surface area contributed by atoms with E-state index in [9.17, 15) is 13.6 Å². The monoisotopic (exact) mass is 418 g/mol. The Balaban J connectivity index is 0.000000195. The zero-order valence-corrected chi connectivity index (χ0v) is 16.1. The molecule has 0 radical (unpaired) electrons. The molecular formula is C18H19AsN2O5. The van der Waals surface area contributed by atoms with Crippen LogP contribution < -0.4 is 9.67 Å². The van der Waals surface area contributed by atoms with Gasteiger partial charge in [0.05, 0.1) is 5.52 Å². The van der Waals surface area contributed by atoms with Gasteiger partial charge in [0.15, 0.2) is 0 Å². The molecule has 1 heterocycles. The molecule has 0 bridgehead atoms. The second-order valence-corrected chi connectivity index (χ2v) is 8.94. The van der Waals surface area contributed by atoms with Gasteiger partial charge in [0.2, 0.25) is 0 Å². The molecule has 3 rings (SSSR count). The molecule has 0 fully saturated rings. The first-order valence-corrected chi connectivity index (χ1v) is 11.0. The molecule has 8 heteroatoms. The fourth-order valence-corrected chi connectivity index (χ4v) is 3.35. The quantitative estimate of drug-likeness (QED) is 0.370. The van der Waals surface area contributed by atoms with E-state index >= 15 is 0 Å². The first kappa shape index (κ1) is 19.7. The standard InChI is InChI=1S/C10H9N.C8H10AsNO5/c1-8-6-7-9-4-2-3-5-10(9)11-8;1-5(11)10-7-4-6(9(13,14)15)2-3-8(7)12/h2-7H,1H3;2-4,12H,1H3,(H,10,11)(H2,13,14,15). The van der Waals surface area contributed by atoms with Gasteiger partial charge in [-0.15, -0.1) is 0 Å². The average Bonchev–Trinajstić information content (AvgIpc) is 2.56. The molecule has 1 aromatic heterocycles. The molecule has 0 unspecified atom stereocenters. The Labute approximate surface area is 153 Å². The smallest absolute Gasteiger partial charge is 0.0705 e. The number of carbonyl (C=O) groups is 1. The van der Waals surface area contributed by atoms with Gasteiger partial charge in [0.1, 0.15) is 0 Å². The van der Waals surface area contributed by atoms with E-state index in [0.717, 1.165) is 29.4 Å². The van der Waals surface area contributed by atoms with Crippen molar-refractivity contribution in [2.45, 2.75) is 13.8 Å². The first-order chi connectivity index (χ1) is 12.2. The Hall–Kier alpha value is -2.60. The van der Waals surface area contributed by atoms with E-state index in [2.05, 4.69) is 22.4 Å². The number of aromatic nitrogens is 1.